The molecule has 0 aliphatic heterocycles. The molecule has 1 amide bonds. The maximum absolute atomic E-state index is 11.8. The van der Waals surface area contributed by atoms with E-state index in [-0.39, 0.29) is 5.91 Å². The number of aliphatic hydroxyl groups is 1. The maximum atomic E-state index is 11.8. The van der Waals surface area contributed by atoms with Gasteiger partial charge in [0, 0.05) is 12.1 Å². The second kappa shape index (κ2) is 6.87. The van der Waals surface area contributed by atoms with Gasteiger partial charge < -0.3 is 10.4 Å². The summed E-state index contributed by atoms with van der Waals surface area (Å²) in [5.41, 5.74) is 2.74. The van der Waals surface area contributed by atoms with E-state index in [1.165, 1.54) is 0 Å². The molecule has 0 radical (unpaired) electrons. The molecule has 0 bridgehead atoms. The zero-order valence-corrected chi connectivity index (χ0v) is 11.5. The highest BCUT2D eigenvalue weighted by atomic mass is 16.3. The lowest BCUT2D eigenvalue weighted by molar-refractivity contribution is -0.116. The van der Waals surface area contributed by atoms with Crippen molar-refractivity contribution in [1.29, 1.82) is 0 Å². The van der Waals surface area contributed by atoms with Crippen LogP contribution in [0.4, 0.5) is 5.69 Å². The third-order valence-electron chi connectivity index (χ3n) is 3.13. The first-order valence-corrected chi connectivity index (χ1v) is 6.74. The summed E-state index contributed by atoms with van der Waals surface area (Å²) in [7, 11) is 0. The standard InChI is InChI=1S/C17H19NO2/c1-13-6-5-9-15(12-13)18-17(20)11-10-16(19)14-7-3-2-4-8-14/h2-9,12,16,19H,10-11H2,1H3,(H,18,20). The van der Waals surface area contributed by atoms with E-state index in [0.29, 0.717) is 12.8 Å². The summed E-state index contributed by atoms with van der Waals surface area (Å²) in [6, 6.07) is 17.1. The van der Waals surface area contributed by atoms with Gasteiger partial charge in [-0.15, -0.1) is 0 Å². The Labute approximate surface area is 119 Å². The second-order valence-electron chi connectivity index (χ2n) is 4.88. The molecule has 0 spiro atoms. The fraction of sp³-hybridized carbons (Fsp3) is 0.235. The van der Waals surface area contributed by atoms with Crippen molar-refractivity contribution in [3.8, 4) is 0 Å². The Morgan fingerprint density at radius 3 is 2.60 bits per heavy atom. The van der Waals surface area contributed by atoms with Gasteiger partial charge in [-0.05, 0) is 36.6 Å². The third kappa shape index (κ3) is 4.21. The molecular formula is C17H19NO2. The van der Waals surface area contributed by atoms with E-state index in [4.69, 9.17) is 0 Å². The summed E-state index contributed by atoms with van der Waals surface area (Å²) in [6.07, 6.45) is 0.116. The lowest BCUT2D eigenvalue weighted by Crippen LogP contribution is -2.13. The van der Waals surface area contributed by atoms with E-state index >= 15 is 0 Å². The fourth-order valence-corrected chi connectivity index (χ4v) is 2.06. The average Bonchev–Trinajstić information content (AvgIpc) is 2.46. The van der Waals surface area contributed by atoms with Gasteiger partial charge in [0.05, 0.1) is 6.10 Å². The van der Waals surface area contributed by atoms with Crippen LogP contribution in [-0.4, -0.2) is 11.0 Å². The number of carbonyl (C=O) groups excluding carboxylic acids is 1. The number of amides is 1. The molecule has 0 aromatic heterocycles. The first kappa shape index (κ1) is 14.3. The minimum Gasteiger partial charge on any atom is -0.388 e. The van der Waals surface area contributed by atoms with Gasteiger partial charge in [0.25, 0.3) is 0 Å². The Morgan fingerprint density at radius 1 is 1.15 bits per heavy atom. The topological polar surface area (TPSA) is 49.3 Å². The molecule has 2 aromatic carbocycles. The molecule has 2 rings (SSSR count). The fourth-order valence-electron chi connectivity index (χ4n) is 2.06. The van der Waals surface area contributed by atoms with Crippen molar-refractivity contribution in [3.05, 3.63) is 65.7 Å². The molecule has 2 N–H and O–H groups in total. The van der Waals surface area contributed by atoms with Crippen LogP contribution in [0, 0.1) is 6.92 Å². The molecule has 0 fully saturated rings. The van der Waals surface area contributed by atoms with Gasteiger partial charge in [0.15, 0.2) is 0 Å². The molecule has 0 saturated carbocycles. The predicted octanol–water partition coefficient (Wildman–Crippen LogP) is 3.45. The van der Waals surface area contributed by atoms with Crippen molar-refractivity contribution in [2.75, 3.05) is 5.32 Å². The third-order valence-corrected chi connectivity index (χ3v) is 3.13. The number of nitrogens with one attached hydrogen (secondary N) is 1. The van der Waals surface area contributed by atoms with Crippen LogP contribution in [0.1, 0.15) is 30.1 Å². The Hall–Kier alpha value is -2.13. The first-order valence-electron chi connectivity index (χ1n) is 6.74. The van der Waals surface area contributed by atoms with E-state index < -0.39 is 6.10 Å². The van der Waals surface area contributed by atoms with Crippen LogP contribution in [0.15, 0.2) is 54.6 Å². The quantitative estimate of drug-likeness (QED) is 0.873. The van der Waals surface area contributed by atoms with Gasteiger partial charge in [-0.2, -0.15) is 0 Å². The lowest BCUT2D eigenvalue weighted by atomic mass is 10.0. The number of anilines is 1. The van der Waals surface area contributed by atoms with Crippen molar-refractivity contribution in [3.63, 3.8) is 0 Å². The van der Waals surface area contributed by atoms with E-state index in [1.54, 1.807) is 0 Å². The Morgan fingerprint density at radius 2 is 1.90 bits per heavy atom. The number of carbonyl (C=O) groups is 1. The van der Waals surface area contributed by atoms with Gasteiger partial charge in [-0.1, -0.05) is 42.5 Å². The molecule has 2 aromatic rings. The average molecular weight is 269 g/mol. The van der Waals surface area contributed by atoms with Crippen LogP contribution in [-0.2, 0) is 4.79 Å². The van der Waals surface area contributed by atoms with Crippen molar-refractivity contribution in [1.82, 2.24) is 0 Å². The molecule has 1 atom stereocenters. The largest absolute Gasteiger partial charge is 0.388 e. The Kier molecular flexibility index (Phi) is 4.91. The molecule has 0 aliphatic rings. The number of rotatable bonds is 5. The predicted molar refractivity (Wildman–Crippen MR) is 80.4 cm³/mol. The van der Waals surface area contributed by atoms with Crippen LogP contribution >= 0.6 is 0 Å². The molecule has 1 unspecified atom stereocenters. The Balaban J connectivity index is 1.83. The summed E-state index contributed by atoms with van der Waals surface area (Å²) in [6.45, 7) is 1.98. The molecule has 104 valence electrons. The minimum atomic E-state index is -0.598. The molecule has 3 heteroatoms. The zero-order valence-electron chi connectivity index (χ0n) is 11.5. The number of hydrogen-bond donors (Lipinski definition) is 2. The van der Waals surface area contributed by atoms with Crippen LogP contribution in [0.2, 0.25) is 0 Å². The summed E-state index contributed by atoms with van der Waals surface area (Å²) in [5.74, 6) is -0.0782. The normalized spacial score (nSPS) is 11.9. The molecular weight excluding hydrogens is 250 g/mol. The van der Waals surface area contributed by atoms with Gasteiger partial charge in [-0.25, -0.2) is 0 Å². The van der Waals surface area contributed by atoms with E-state index in [2.05, 4.69) is 5.32 Å². The van der Waals surface area contributed by atoms with Crippen molar-refractivity contribution < 1.29 is 9.90 Å². The highest BCUT2D eigenvalue weighted by Crippen LogP contribution is 2.18. The summed E-state index contributed by atoms with van der Waals surface area (Å²) in [5, 5.41) is 12.8. The smallest absolute Gasteiger partial charge is 0.224 e. The maximum Gasteiger partial charge on any atom is 0.224 e. The summed E-state index contributed by atoms with van der Waals surface area (Å²) in [4.78, 5) is 11.8. The monoisotopic (exact) mass is 269 g/mol. The van der Waals surface area contributed by atoms with E-state index in [1.807, 2.05) is 61.5 Å². The molecule has 0 saturated heterocycles. The van der Waals surface area contributed by atoms with Gasteiger partial charge in [0.1, 0.15) is 0 Å². The summed E-state index contributed by atoms with van der Waals surface area (Å²) < 4.78 is 0. The number of aryl methyl sites for hydroxylation is 1. The molecule has 20 heavy (non-hydrogen) atoms. The highest BCUT2D eigenvalue weighted by Gasteiger charge is 2.10. The molecule has 0 aliphatic carbocycles. The number of aliphatic hydroxyl groups excluding tert-OH is 1. The van der Waals surface area contributed by atoms with Crippen LogP contribution in [0.5, 0.6) is 0 Å². The van der Waals surface area contributed by atoms with Gasteiger partial charge >= 0.3 is 0 Å². The summed E-state index contributed by atoms with van der Waals surface area (Å²) >= 11 is 0. The number of hydrogen-bond acceptors (Lipinski definition) is 2. The lowest BCUT2D eigenvalue weighted by Gasteiger charge is -2.11. The van der Waals surface area contributed by atoms with Crippen LogP contribution in [0.3, 0.4) is 0 Å². The highest BCUT2D eigenvalue weighted by molar-refractivity contribution is 5.90. The minimum absolute atomic E-state index is 0.0782. The Bertz CT molecular complexity index is 566. The van der Waals surface area contributed by atoms with Gasteiger partial charge in [0.2, 0.25) is 5.91 Å². The van der Waals surface area contributed by atoms with Gasteiger partial charge in [-0.3, -0.25) is 4.79 Å². The van der Waals surface area contributed by atoms with Crippen molar-refractivity contribution in [2.24, 2.45) is 0 Å². The zero-order chi connectivity index (χ0) is 14.4. The molecule has 0 heterocycles. The van der Waals surface area contributed by atoms with Crippen LogP contribution in [0.25, 0.3) is 0 Å². The second-order valence-corrected chi connectivity index (χ2v) is 4.88. The van der Waals surface area contributed by atoms with Crippen LogP contribution < -0.4 is 5.32 Å². The van der Waals surface area contributed by atoms with E-state index in [9.17, 15) is 9.90 Å². The van der Waals surface area contributed by atoms with E-state index in [0.717, 1.165) is 16.8 Å². The van der Waals surface area contributed by atoms with Crippen molar-refractivity contribution in [2.45, 2.75) is 25.9 Å². The number of benzene rings is 2. The SMILES string of the molecule is Cc1cccc(NC(=O)CCC(O)c2ccccc2)c1. The molecule has 3 nitrogen and oxygen atoms in total. The first-order chi connectivity index (χ1) is 9.65. The van der Waals surface area contributed by atoms with Crippen molar-refractivity contribution >= 4 is 11.6 Å².